The lowest BCUT2D eigenvalue weighted by Crippen LogP contribution is -2.16. The van der Waals surface area contributed by atoms with Crippen molar-refractivity contribution in [3.8, 4) is 5.75 Å². The van der Waals surface area contributed by atoms with Gasteiger partial charge in [-0.1, -0.05) is 29.8 Å². The van der Waals surface area contributed by atoms with Crippen molar-refractivity contribution in [2.75, 3.05) is 13.7 Å². The van der Waals surface area contributed by atoms with Crippen molar-refractivity contribution in [1.82, 2.24) is 5.32 Å². The zero-order chi connectivity index (χ0) is 13.7. The van der Waals surface area contributed by atoms with Crippen molar-refractivity contribution in [2.24, 2.45) is 0 Å². The number of rotatable bonds is 6. The predicted octanol–water partition coefficient (Wildman–Crippen LogP) is 4.50. The Morgan fingerprint density at radius 1 is 1.37 bits per heavy atom. The molecule has 1 aromatic carbocycles. The van der Waals surface area contributed by atoms with Crippen LogP contribution in [-0.4, -0.2) is 13.7 Å². The predicted molar refractivity (Wildman–Crippen MR) is 85.4 cm³/mol. The fourth-order valence-electron chi connectivity index (χ4n) is 1.82. The van der Waals surface area contributed by atoms with Gasteiger partial charge >= 0.3 is 0 Å². The third-order valence-electron chi connectivity index (χ3n) is 2.76. The van der Waals surface area contributed by atoms with E-state index in [1.165, 1.54) is 10.4 Å². The third-order valence-corrected chi connectivity index (χ3v) is 5.23. The molecule has 5 heteroatoms. The molecule has 0 aliphatic carbocycles. The van der Waals surface area contributed by atoms with Crippen molar-refractivity contribution in [1.29, 1.82) is 0 Å². The van der Waals surface area contributed by atoms with Crippen LogP contribution in [0, 0.1) is 0 Å². The number of methoxy groups -OCH3 is 1. The van der Waals surface area contributed by atoms with Crippen LogP contribution in [0.15, 0.2) is 34.8 Å². The number of benzene rings is 1. The Kier molecular flexibility index (Phi) is 5.70. The van der Waals surface area contributed by atoms with Crippen molar-refractivity contribution >= 4 is 38.9 Å². The first kappa shape index (κ1) is 14.9. The average molecular weight is 361 g/mol. The quantitative estimate of drug-likeness (QED) is 0.766. The van der Waals surface area contributed by atoms with Crippen LogP contribution in [0.1, 0.15) is 10.4 Å². The molecular formula is C14H15BrClNOS. The van der Waals surface area contributed by atoms with E-state index in [-0.39, 0.29) is 0 Å². The molecule has 0 spiro atoms. The molecule has 0 unspecified atom stereocenters. The molecule has 102 valence electrons. The maximum Gasteiger partial charge on any atom is 0.122 e. The van der Waals surface area contributed by atoms with Gasteiger partial charge in [-0.15, -0.1) is 11.3 Å². The first-order valence-corrected chi connectivity index (χ1v) is 7.95. The number of para-hydroxylation sites is 1. The maximum atomic E-state index is 6.00. The molecule has 0 aliphatic rings. The molecule has 2 nitrogen and oxygen atoms in total. The molecule has 0 radical (unpaired) electrons. The Hall–Kier alpha value is -0.550. The highest BCUT2D eigenvalue weighted by Gasteiger charge is 2.04. The highest BCUT2D eigenvalue weighted by Crippen LogP contribution is 2.31. The van der Waals surface area contributed by atoms with Crippen LogP contribution in [0.4, 0.5) is 0 Å². The standard InChI is InChI=1S/C14H15BrClNOS/c1-18-13-5-3-2-4-10(13)6-7-17-9-11-8-12(15)14(16)19-11/h2-5,8,17H,6-7,9H2,1H3. The first-order chi connectivity index (χ1) is 9.20. The van der Waals surface area contributed by atoms with Gasteiger partial charge in [0.1, 0.15) is 10.1 Å². The Morgan fingerprint density at radius 2 is 2.16 bits per heavy atom. The molecule has 1 aromatic heterocycles. The minimum Gasteiger partial charge on any atom is -0.496 e. The summed E-state index contributed by atoms with van der Waals surface area (Å²) in [6.45, 7) is 1.75. The van der Waals surface area contributed by atoms with E-state index in [0.717, 1.165) is 34.1 Å². The van der Waals surface area contributed by atoms with Crippen molar-refractivity contribution in [3.63, 3.8) is 0 Å². The molecule has 0 atom stereocenters. The zero-order valence-corrected chi connectivity index (χ0v) is 13.7. The zero-order valence-electron chi connectivity index (χ0n) is 10.6. The minimum absolute atomic E-state index is 0.807. The Labute approximate surface area is 130 Å². The molecule has 0 fully saturated rings. The van der Waals surface area contributed by atoms with E-state index in [1.54, 1.807) is 18.4 Å². The first-order valence-electron chi connectivity index (χ1n) is 5.97. The van der Waals surface area contributed by atoms with E-state index in [4.69, 9.17) is 16.3 Å². The summed E-state index contributed by atoms with van der Waals surface area (Å²) in [4.78, 5) is 1.23. The molecule has 2 aromatic rings. The van der Waals surface area contributed by atoms with Gasteiger partial charge in [-0.25, -0.2) is 0 Å². The lowest BCUT2D eigenvalue weighted by molar-refractivity contribution is 0.409. The van der Waals surface area contributed by atoms with E-state index in [2.05, 4.69) is 33.4 Å². The molecule has 1 N–H and O–H groups in total. The molecule has 0 saturated carbocycles. The highest BCUT2D eigenvalue weighted by molar-refractivity contribution is 9.10. The fourth-order valence-corrected chi connectivity index (χ4v) is 3.58. The Bertz CT molecular complexity index is 524. The largest absolute Gasteiger partial charge is 0.496 e. The maximum absolute atomic E-state index is 6.00. The minimum atomic E-state index is 0.807. The van der Waals surface area contributed by atoms with Gasteiger partial charge in [0.25, 0.3) is 0 Å². The summed E-state index contributed by atoms with van der Waals surface area (Å²) >= 11 is 11.0. The average Bonchev–Trinajstić information content (AvgIpc) is 2.74. The van der Waals surface area contributed by atoms with E-state index < -0.39 is 0 Å². The van der Waals surface area contributed by atoms with E-state index >= 15 is 0 Å². The monoisotopic (exact) mass is 359 g/mol. The SMILES string of the molecule is COc1ccccc1CCNCc1cc(Br)c(Cl)s1. The van der Waals surface area contributed by atoms with Gasteiger partial charge in [0.15, 0.2) is 0 Å². The van der Waals surface area contributed by atoms with E-state index in [1.807, 2.05) is 18.2 Å². The summed E-state index contributed by atoms with van der Waals surface area (Å²) in [5, 5.41) is 3.42. The lowest BCUT2D eigenvalue weighted by Gasteiger charge is -2.08. The van der Waals surface area contributed by atoms with E-state index in [0.29, 0.717) is 0 Å². The van der Waals surface area contributed by atoms with Gasteiger partial charge in [-0.3, -0.25) is 0 Å². The molecule has 0 amide bonds. The van der Waals surface area contributed by atoms with Gasteiger partial charge in [0.2, 0.25) is 0 Å². The molecule has 1 heterocycles. The number of hydrogen-bond donors (Lipinski definition) is 1. The number of hydrogen-bond acceptors (Lipinski definition) is 3. The van der Waals surface area contributed by atoms with Crippen LogP contribution in [-0.2, 0) is 13.0 Å². The van der Waals surface area contributed by atoms with Gasteiger partial charge in [0, 0.05) is 15.9 Å². The Morgan fingerprint density at radius 3 is 2.84 bits per heavy atom. The summed E-state index contributed by atoms with van der Waals surface area (Å²) in [6, 6.07) is 10.2. The molecule has 0 saturated heterocycles. The van der Waals surface area contributed by atoms with Gasteiger partial charge < -0.3 is 10.1 Å². The summed E-state index contributed by atoms with van der Waals surface area (Å²) in [7, 11) is 1.71. The van der Waals surface area contributed by atoms with Crippen LogP contribution in [0.5, 0.6) is 5.75 Å². The number of thiophene rings is 1. The second kappa shape index (κ2) is 7.29. The van der Waals surface area contributed by atoms with Crippen LogP contribution in [0.3, 0.4) is 0 Å². The summed E-state index contributed by atoms with van der Waals surface area (Å²) in [6.07, 6.45) is 0.949. The summed E-state index contributed by atoms with van der Waals surface area (Å²) in [5.74, 6) is 0.950. The van der Waals surface area contributed by atoms with Crippen molar-refractivity contribution in [2.45, 2.75) is 13.0 Å². The second-order valence-corrected chi connectivity index (χ2v) is 6.67. The smallest absolute Gasteiger partial charge is 0.122 e. The third kappa shape index (κ3) is 4.21. The molecule has 0 aliphatic heterocycles. The number of halogens is 2. The summed E-state index contributed by atoms with van der Waals surface area (Å²) in [5.41, 5.74) is 1.22. The van der Waals surface area contributed by atoms with E-state index in [9.17, 15) is 0 Å². The molecule has 19 heavy (non-hydrogen) atoms. The van der Waals surface area contributed by atoms with Crippen molar-refractivity contribution in [3.05, 3.63) is 49.6 Å². The van der Waals surface area contributed by atoms with Crippen LogP contribution in [0.25, 0.3) is 0 Å². The molecule has 0 bridgehead atoms. The number of nitrogens with one attached hydrogen (secondary N) is 1. The fraction of sp³-hybridized carbons (Fsp3) is 0.286. The number of ether oxygens (including phenoxy) is 1. The molecular weight excluding hydrogens is 346 g/mol. The summed E-state index contributed by atoms with van der Waals surface area (Å²) < 4.78 is 7.11. The van der Waals surface area contributed by atoms with Crippen LogP contribution in [0.2, 0.25) is 4.34 Å². The van der Waals surface area contributed by atoms with Gasteiger partial charge in [-0.2, -0.15) is 0 Å². The normalized spacial score (nSPS) is 10.7. The van der Waals surface area contributed by atoms with Crippen molar-refractivity contribution < 1.29 is 4.74 Å². The lowest BCUT2D eigenvalue weighted by atomic mass is 10.1. The van der Waals surface area contributed by atoms with Gasteiger partial charge in [0.05, 0.1) is 7.11 Å². The second-order valence-electron chi connectivity index (χ2n) is 4.07. The molecule has 2 rings (SSSR count). The van der Waals surface area contributed by atoms with Crippen LogP contribution < -0.4 is 10.1 Å². The highest BCUT2D eigenvalue weighted by atomic mass is 79.9. The Balaban J connectivity index is 1.80. The van der Waals surface area contributed by atoms with Crippen LogP contribution >= 0.6 is 38.9 Å². The topological polar surface area (TPSA) is 21.3 Å². The van der Waals surface area contributed by atoms with Gasteiger partial charge in [-0.05, 0) is 46.6 Å².